The molecular formula is C14H7ClF3N3O2. The molecule has 9 heteroatoms. The van der Waals surface area contributed by atoms with E-state index in [9.17, 15) is 13.2 Å². The SMILES string of the molecule is FC(F)(F)c1cc(-c2ccccc2Oc2ncc(Cl)cn2)on1. The van der Waals surface area contributed by atoms with E-state index in [-0.39, 0.29) is 23.1 Å². The molecule has 0 N–H and O–H groups in total. The first-order valence-electron chi connectivity index (χ1n) is 6.22. The molecule has 0 aliphatic carbocycles. The second-order valence-corrected chi connectivity index (χ2v) is 4.79. The van der Waals surface area contributed by atoms with Gasteiger partial charge in [-0.1, -0.05) is 28.9 Å². The van der Waals surface area contributed by atoms with Crippen molar-refractivity contribution in [3.8, 4) is 23.1 Å². The van der Waals surface area contributed by atoms with Gasteiger partial charge in [-0.05, 0) is 12.1 Å². The molecule has 0 aliphatic heterocycles. The van der Waals surface area contributed by atoms with Crippen LogP contribution in [0.1, 0.15) is 5.69 Å². The molecule has 0 fully saturated rings. The fourth-order valence-corrected chi connectivity index (χ4v) is 1.84. The Labute approximate surface area is 132 Å². The zero-order chi connectivity index (χ0) is 16.4. The van der Waals surface area contributed by atoms with Gasteiger partial charge in [0.1, 0.15) is 5.75 Å². The van der Waals surface area contributed by atoms with Crippen molar-refractivity contribution in [1.29, 1.82) is 0 Å². The van der Waals surface area contributed by atoms with Gasteiger partial charge in [-0.3, -0.25) is 0 Å². The summed E-state index contributed by atoms with van der Waals surface area (Å²) in [5, 5.41) is 3.35. The molecule has 0 atom stereocenters. The zero-order valence-corrected chi connectivity index (χ0v) is 12.0. The fourth-order valence-electron chi connectivity index (χ4n) is 1.75. The van der Waals surface area contributed by atoms with Gasteiger partial charge in [-0.2, -0.15) is 13.2 Å². The van der Waals surface area contributed by atoms with Gasteiger partial charge in [-0.25, -0.2) is 9.97 Å². The Morgan fingerprint density at radius 3 is 2.43 bits per heavy atom. The summed E-state index contributed by atoms with van der Waals surface area (Å²) in [5.41, 5.74) is -0.834. The van der Waals surface area contributed by atoms with Crippen LogP contribution in [-0.2, 0) is 6.18 Å². The van der Waals surface area contributed by atoms with Gasteiger partial charge in [0.15, 0.2) is 11.5 Å². The van der Waals surface area contributed by atoms with Crippen LogP contribution in [0.2, 0.25) is 5.02 Å². The van der Waals surface area contributed by atoms with E-state index in [1.165, 1.54) is 18.5 Å². The third-order valence-electron chi connectivity index (χ3n) is 2.75. The number of benzene rings is 1. The smallest absolute Gasteiger partial charge is 0.424 e. The molecule has 0 bridgehead atoms. The van der Waals surface area contributed by atoms with Gasteiger partial charge in [0, 0.05) is 6.07 Å². The number of hydrogen-bond donors (Lipinski definition) is 0. The monoisotopic (exact) mass is 341 g/mol. The molecule has 1 aromatic carbocycles. The number of ether oxygens (including phenoxy) is 1. The lowest BCUT2D eigenvalue weighted by atomic mass is 10.1. The van der Waals surface area contributed by atoms with E-state index in [1.54, 1.807) is 18.2 Å². The topological polar surface area (TPSA) is 61.0 Å². The molecule has 0 saturated carbocycles. The molecule has 2 aromatic heterocycles. The van der Waals surface area contributed by atoms with Crippen LogP contribution in [0, 0.1) is 0 Å². The van der Waals surface area contributed by atoms with Crippen LogP contribution in [0.25, 0.3) is 11.3 Å². The van der Waals surface area contributed by atoms with Gasteiger partial charge in [0.05, 0.1) is 23.0 Å². The van der Waals surface area contributed by atoms with Gasteiger partial charge < -0.3 is 9.26 Å². The molecule has 2 heterocycles. The Balaban J connectivity index is 1.94. The van der Waals surface area contributed by atoms with Crippen molar-refractivity contribution in [2.45, 2.75) is 6.18 Å². The summed E-state index contributed by atoms with van der Waals surface area (Å²) in [4.78, 5) is 7.72. The number of halogens is 4. The highest BCUT2D eigenvalue weighted by molar-refractivity contribution is 6.30. The highest BCUT2D eigenvalue weighted by Gasteiger charge is 2.35. The van der Waals surface area contributed by atoms with E-state index in [0.29, 0.717) is 5.02 Å². The van der Waals surface area contributed by atoms with Crippen molar-refractivity contribution >= 4 is 11.6 Å². The van der Waals surface area contributed by atoms with E-state index in [0.717, 1.165) is 6.07 Å². The molecular weight excluding hydrogens is 335 g/mol. The maximum absolute atomic E-state index is 12.6. The third-order valence-corrected chi connectivity index (χ3v) is 2.95. The first kappa shape index (κ1) is 15.3. The Kier molecular flexibility index (Phi) is 3.91. The van der Waals surface area contributed by atoms with Crippen molar-refractivity contribution in [3.63, 3.8) is 0 Å². The van der Waals surface area contributed by atoms with Crippen LogP contribution < -0.4 is 4.74 Å². The highest BCUT2D eigenvalue weighted by atomic mass is 35.5. The molecule has 0 saturated heterocycles. The number of alkyl halides is 3. The van der Waals surface area contributed by atoms with Crippen molar-refractivity contribution in [2.24, 2.45) is 0 Å². The molecule has 5 nitrogen and oxygen atoms in total. The molecule has 0 aliphatic rings. The Hall–Kier alpha value is -2.61. The largest absolute Gasteiger partial charge is 0.436 e. The summed E-state index contributed by atoms with van der Waals surface area (Å²) in [6.07, 6.45) is -1.91. The van der Waals surface area contributed by atoms with Crippen molar-refractivity contribution in [1.82, 2.24) is 15.1 Å². The van der Waals surface area contributed by atoms with Gasteiger partial charge in [0.2, 0.25) is 0 Å². The Bertz CT molecular complexity index is 819. The average molecular weight is 342 g/mol. The first-order valence-corrected chi connectivity index (χ1v) is 6.60. The van der Waals surface area contributed by atoms with Crippen LogP contribution in [-0.4, -0.2) is 15.1 Å². The van der Waals surface area contributed by atoms with Crippen molar-refractivity contribution in [3.05, 3.63) is 53.4 Å². The molecule has 0 amide bonds. The second-order valence-electron chi connectivity index (χ2n) is 4.36. The van der Waals surface area contributed by atoms with E-state index in [1.807, 2.05) is 0 Å². The minimum atomic E-state index is -4.59. The summed E-state index contributed by atoms with van der Waals surface area (Å²) in [6.45, 7) is 0. The predicted molar refractivity (Wildman–Crippen MR) is 74.1 cm³/mol. The van der Waals surface area contributed by atoms with Gasteiger partial charge >= 0.3 is 12.2 Å². The van der Waals surface area contributed by atoms with Gasteiger partial charge in [-0.15, -0.1) is 0 Å². The minimum Gasteiger partial charge on any atom is -0.424 e. The number of hydrogen-bond acceptors (Lipinski definition) is 5. The van der Waals surface area contributed by atoms with Crippen molar-refractivity contribution in [2.75, 3.05) is 0 Å². The number of para-hydroxylation sites is 1. The van der Waals surface area contributed by atoms with E-state index in [4.69, 9.17) is 20.9 Å². The molecule has 23 heavy (non-hydrogen) atoms. The predicted octanol–water partition coefficient (Wildman–Crippen LogP) is 4.60. The maximum atomic E-state index is 12.6. The van der Waals surface area contributed by atoms with Crippen LogP contribution >= 0.6 is 11.6 Å². The average Bonchev–Trinajstić information content (AvgIpc) is 3.00. The quantitative estimate of drug-likeness (QED) is 0.697. The van der Waals surface area contributed by atoms with Crippen molar-refractivity contribution < 1.29 is 22.4 Å². The molecule has 0 unspecified atom stereocenters. The maximum Gasteiger partial charge on any atom is 0.436 e. The summed E-state index contributed by atoms with van der Waals surface area (Å²) in [6, 6.07) is 7.15. The Morgan fingerprint density at radius 1 is 1.09 bits per heavy atom. The molecule has 0 spiro atoms. The van der Waals surface area contributed by atoms with Crippen LogP contribution in [0.3, 0.4) is 0 Å². The first-order chi connectivity index (χ1) is 10.9. The van der Waals surface area contributed by atoms with Crippen LogP contribution in [0.5, 0.6) is 11.8 Å². The van der Waals surface area contributed by atoms with Crippen LogP contribution in [0.4, 0.5) is 13.2 Å². The summed E-state index contributed by atoms with van der Waals surface area (Å²) < 4.78 is 48.1. The Morgan fingerprint density at radius 2 is 1.78 bits per heavy atom. The molecule has 3 aromatic rings. The van der Waals surface area contributed by atoms with Gasteiger partial charge in [0.25, 0.3) is 0 Å². The molecule has 0 radical (unpaired) electrons. The lowest BCUT2D eigenvalue weighted by Crippen LogP contribution is -2.04. The summed E-state index contributed by atoms with van der Waals surface area (Å²) >= 11 is 5.68. The lowest BCUT2D eigenvalue weighted by molar-refractivity contribution is -0.142. The lowest BCUT2D eigenvalue weighted by Gasteiger charge is -2.07. The zero-order valence-electron chi connectivity index (χ0n) is 11.2. The molecule has 3 rings (SSSR count). The minimum absolute atomic E-state index is 0.00240. The van der Waals surface area contributed by atoms with E-state index < -0.39 is 11.9 Å². The standard InChI is InChI=1S/C14H7ClF3N3O2/c15-8-6-19-13(20-7-8)22-10-4-2-1-3-9(10)11-5-12(21-23-11)14(16,17)18/h1-7H. The third kappa shape index (κ3) is 3.42. The molecule has 118 valence electrons. The normalized spacial score (nSPS) is 11.5. The summed E-state index contributed by atoms with van der Waals surface area (Å²) in [7, 11) is 0. The van der Waals surface area contributed by atoms with E-state index >= 15 is 0 Å². The highest BCUT2D eigenvalue weighted by Crippen LogP contribution is 2.36. The number of aromatic nitrogens is 3. The van der Waals surface area contributed by atoms with Crippen LogP contribution in [0.15, 0.2) is 47.2 Å². The number of rotatable bonds is 3. The fraction of sp³-hybridized carbons (Fsp3) is 0.0714. The second kappa shape index (κ2) is 5.88. The summed E-state index contributed by atoms with van der Waals surface area (Å²) in [5.74, 6) is 0.140. The van der Waals surface area contributed by atoms with E-state index in [2.05, 4.69) is 15.1 Å². The number of nitrogens with zero attached hydrogens (tertiary/aromatic N) is 3.